The van der Waals surface area contributed by atoms with Crippen LogP contribution in [-0.4, -0.2) is 47.6 Å². The van der Waals surface area contributed by atoms with Crippen molar-refractivity contribution in [2.45, 2.75) is 43.9 Å². The quantitative estimate of drug-likeness (QED) is 0.425. The van der Waals surface area contributed by atoms with Crippen LogP contribution in [-0.2, 0) is 10.4 Å². The second-order valence-electron chi connectivity index (χ2n) is 8.79. The molecule has 1 saturated heterocycles. The molecule has 0 bridgehead atoms. The van der Waals surface area contributed by atoms with Crippen molar-refractivity contribution in [3.63, 3.8) is 0 Å². The van der Waals surface area contributed by atoms with Gasteiger partial charge >= 0.3 is 6.18 Å². The highest BCUT2D eigenvalue weighted by atomic mass is 35.5. The first-order valence-corrected chi connectivity index (χ1v) is 11.9. The summed E-state index contributed by atoms with van der Waals surface area (Å²) in [6, 6.07) is 11.4. The van der Waals surface area contributed by atoms with Crippen molar-refractivity contribution in [2.75, 3.05) is 25.0 Å². The van der Waals surface area contributed by atoms with E-state index in [0.717, 1.165) is 42.0 Å². The van der Waals surface area contributed by atoms with E-state index in [-0.39, 0.29) is 23.7 Å². The number of hydrogen-bond donors (Lipinski definition) is 3. The smallest absolute Gasteiger partial charge is 0.385 e. The van der Waals surface area contributed by atoms with E-state index >= 15 is 0 Å². The molecule has 0 unspecified atom stereocenters. The van der Waals surface area contributed by atoms with Gasteiger partial charge in [-0.05, 0) is 43.4 Å². The number of hydrogen-bond acceptors (Lipinski definition) is 4. The molecule has 10 heteroatoms. The molecular formula is C25H29ClF3N3O3. The molecule has 4 N–H and O–H groups in total. The Kier molecular flexibility index (Phi) is 8.66. The summed E-state index contributed by atoms with van der Waals surface area (Å²) < 4.78 is 41.3. The Balaban J connectivity index is 1.45. The van der Waals surface area contributed by atoms with Gasteiger partial charge in [0, 0.05) is 30.9 Å². The van der Waals surface area contributed by atoms with Gasteiger partial charge in [0.05, 0.1) is 10.6 Å². The van der Waals surface area contributed by atoms with Crippen molar-refractivity contribution >= 4 is 29.1 Å². The summed E-state index contributed by atoms with van der Waals surface area (Å²) in [6.07, 6.45) is -1.27. The number of likely N-dealkylation sites (tertiary alicyclic amines) is 1. The van der Waals surface area contributed by atoms with Crippen molar-refractivity contribution in [2.24, 2.45) is 11.7 Å². The molecule has 2 aromatic rings. The molecule has 0 saturated carbocycles. The lowest BCUT2D eigenvalue weighted by Crippen LogP contribution is -2.57. The minimum atomic E-state index is -5.13. The third-order valence-electron chi connectivity index (χ3n) is 6.42. The Hall–Kier alpha value is -2.78. The Morgan fingerprint density at radius 1 is 1.09 bits per heavy atom. The van der Waals surface area contributed by atoms with Gasteiger partial charge in [-0.1, -0.05) is 54.8 Å². The van der Waals surface area contributed by atoms with Gasteiger partial charge in [0.25, 0.3) is 11.5 Å². The fraction of sp³-hybridized carbons (Fsp3) is 0.440. The largest absolute Gasteiger partial charge is 0.430 e. The molecule has 3 rings (SSSR count). The van der Waals surface area contributed by atoms with Crippen LogP contribution in [0.25, 0.3) is 0 Å². The van der Waals surface area contributed by atoms with Gasteiger partial charge in [-0.2, -0.15) is 13.2 Å². The van der Waals surface area contributed by atoms with E-state index in [1.54, 1.807) is 18.2 Å². The molecule has 6 nitrogen and oxygen atoms in total. The lowest BCUT2D eigenvalue weighted by atomic mass is 9.88. The molecule has 1 fully saturated rings. The van der Waals surface area contributed by atoms with Gasteiger partial charge in [-0.15, -0.1) is 0 Å². The average Bonchev–Trinajstić information content (AvgIpc) is 2.83. The summed E-state index contributed by atoms with van der Waals surface area (Å²) >= 11 is 6.04. The fourth-order valence-corrected chi connectivity index (χ4v) is 4.63. The van der Waals surface area contributed by atoms with Gasteiger partial charge in [0.15, 0.2) is 0 Å². The summed E-state index contributed by atoms with van der Waals surface area (Å²) in [5, 5.41) is 14.0. The van der Waals surface area contributed by atoms with E-state index in [1.807, 2.05) is 0 Å². The summed E-state index contributed by atoms with van der Waals surface area (Å²) in [7, 11) is 0. The number of amides is 2. The predicted molar refractivity (Wildman–Crippen MR) is 128 cm³/mol. The zero-order valence-electron chi connectivity index (χ0n) is 19.2. The van der Waals surface area contributed by atoms with Crippen molar-refractivity contribution in [1.29, 1.82) is 0 Å². The van der Waals surface area contributed by atoms with E-state index in [4.69, 9.17) is 17.3 Å². The number of benzene rings is 2. The van der Waals surface area contributed by atoms with Crippen LogP contribution in [0.2, 0.25) is 5.02 Å². The second kappa shape index (κ2) is 11.3. The summed E-state index contributed by atoms with van der Waals surface area (Å²) in [6.45, 7) is 1.05. The van der Waals surface area contributed by atoms with Crippen LogP contribution in [0.5, 0.6) is 0 Å². The van der Waals surface area contributed by atoms with Crippen LogP contribution in [0.15, 0.2) is 48.5 Å². The first-order valence-electron chi connectivity index (χ1n) is 11.5. The minimum absolute atomic E-state index is 0.178. The summed E-state index contributed by atoms with van der Waals surface area (Å²) in [5.74, 6) is -1.60. The third kappa shape index (κ3) is 6.27. The Morgan fingerprint density at radius 3 is 2.31 bits per heavy atom. The predicted octanol–water partition coefficient (Wildman–Crippen LogP) is 4.71. The molecule has 35 heavy (non-hydrogen) atoms. The van der Waals surface area contributed by atoms with E-state index in [9.17, 15) is 27.9 Å². The lowest BCUT2D eigenvalue weighted by Gasteiger charge is -2.38. The molecule has 1 heterocycles. The Morgan fingerprint density at radius 2 is 1.74 bits per heavy atom. The molecule has 1 atom stereocenters. The van der Waals surface area contributed by atoms with E-state index in [0.29, 0.717) is 25.3 Å². The Bertz CT molecular complexity index is 1030. The summed E-state index contributed by atoms with van der Waals surface area (Å²) in [4.78, 5) is 25.2. The molecule has 0 spiro atoms. The monoisotopic (exact) mass is 511 g/mol. The van der Waals surface area contributed by atoms with Crippen LogP contribution in [0.4, 0.5) is 18.9 Å². The minimum Gasteiger partial charge on any atom is -0.385 e. The normalized spacial score (nSPS) is 16.5. The van der Waals surface area contributed by atoms with Crippen molar-refractivity contribution < 1.29 is 27.9 Å². The number of nitrogens with two attached hydrogens (primary N) is 1. The summed E-state index contributed by atoms with van der Waals surface area (Å²) in [5.41, 5.74) is 2.26. The van der Waals surface area contributed by atoms with Crippen LogP contribution < -0.4 is 11.1 Å². The van der Waals surface area contributed by atoms with Crippen molar-refractivity contribution in [1.82, 2.24) is 4.90 Å². The average molecular weight is 512 g/mol. The molecule has 0 aliphatic carbocycles. The first-order chi connectivity index (χ1) is 16.5. The number of carbonyl (C=O) groups is 2. The van der Waals surface area contributed by atoms with Gasteiger partial charge in [0.2, 0.25) is 5.91 Å². The molecular weight excluding hydrogens is 483 g/mol. The number of nitrogens with one attached hydrogen (secondary N) is 1. The number of piperidine rings is 1. The highest BCUT2D eigenvalue weighted by Gasteiger charge is 2.62. The molecule has 0 radical (unpaired) electrons. The molecule has 0 aromatic heterocycles. The van der Waals surface area contributed by atoms with Gasteiger partial charge in [0.1, 0.15) is 0 Å². The standard InChI is InChI=1S/C25H29ClF3N3O3/c26-21-16-19(9-10-20(21)22(30)33)31-13-5-4-6-17-11-14-32(15-12-17)23(34)24(35,25(27,28)29)18-7-2-1-3-8-18/h1-3,7-10,16-17,31,35H,4-6,11-15H2,(H2,30,33)/t24-/m1/s1. The van der Waals surface area contributed by atoms with Crippen molar-refractivity contribution in [3.8, 4) is 0 Å². The third-order valence-corrected chi connectivity index (χ3v) is 6.73. The second-order valence-corrected chi connectivity index (χ2v) is 9.20. The van der Waals surface area contributed by atoms with Crippen LogP contribution in [0.1, 0.15) is 48.0 Å². The Labute approximate surface area is 207 Å². The van der Waals surface area contributed by atoms with E-state index in [1.165, 1.54) is 18.2 Å². The number of primary amides is 1. The van der Waals surface area contributed by atoms with Crippen molar-refractivity contribution in [3.05, 3.63) is 64.7 Å². The van der Waals surface area contributed by atoms with E-state index in [2.05, 4.69) is 5.32 Å². The zero-order valence-corrected chi connectivity index (χ0v) is 19.9. The molecule has 1 aliphatic rings. The first kappa shape index (κ1) is 26.8. The highest BCUT2D eigenvalue weighted by molar-refractivity contribution is 6.34. The number of halogens is 4. The number of aliphatic hydroxyl groups is 1. The van der Waals surface area contributed by atoms with Gasteiger partial charge in [-0.3, -0.25) is 9.59 Å². The molecule has 1 aliphatic heterocycles. The van der Waals surface area contributed by atoms with Gasteiger partial charge < -0.3 is 21.1 Å². The van der Waals surface area contributed by atoms with Crippen LogP contribution in [0, 0.1) is 5.92 Å². The highest BCUT2D eigenvalue weighted by Crippen LogP contribution is 2.41. The number of nitrogens with zero attached hydrogens (tertiary/aromatic N) is 1. The molecule has 2 aromatic carbocycles. The topological polar surface area (TPSA) is 95.7 Å². The lowest BCUT2D eigenvalue weighted by molar-refractivity contribution is -0.262. The van der Waals surface area contributed by atoms with E-state index < -0.39 is 29.2 Å². The number of anilines is 1. The van der Waals surface area contributed by atoms with Crippen LogP contribution in [0.3, 0.4) is 0 Å². The van der Waals surface area contributed by atoms with Crippen LogP contribution >= 0.6 is 11.6 Å². The maximum absolute atomic E-state index is 13.8. The fourth-order valence-electron chi connectivity index (χ4n) is 4.36. The number of carbonyl (C=O) groups excluding carboxylic acids is 2. The molecule has 190 valence electrons. The SMILES string of the molecule is NC(=O)c1ccc(NCCCCC2CCN(C(=O)[C@](O)(c3ccccc3)C(F)(F)F)CC2)cc1Cl. The number of rotatable bonds is 9. The number of unbranched alkanes of at least 4 members (excludes halogenated alkanes) is 1. The maximum Gasteiger partial charge on any atom is 0.430 e. The van der Waals surface area contributed by atoms with Gasteiger partial charge in [-0.25, -0.2) is 0 Å². The zero-order chi connectivity index (χ0) is 25.6. The maximum atomic E-state index is 13.8. The number of alkyl halides is 3. The molecule has 2 amide bonds.